The Hall–Kier alpha value is -3.44. The Labute approximate surface area is 201 Å². The van der Waals surface area contributed by atoms with E-state index in [0.29, 0.717) is 5.69 Å². The fourth-order valence-corrected chi connectivity index (χ4v) is 5.27. The maximum absolute atomic E-state index is 11.5. The Morgan fingerprint density at radius 2 is 1.79 bits per heavy atom. The van der Waals surface area contributed by atoms with Crippen molar-refractivity contribution in [3.05, 3.63) is 101 Å². The van der Waals surface area contributed by atoms with Gasteiger partial charge in [-0.1, -0.05) is 60.7 Å². The number of allylic oxidation sites excluding steroid dienone is 3. The van der Waals surface area contributed by atoms with E-state index < -0.39 is 5.91 Å². The van der Waals surface area contributed by atoms with Crippen LogP contribution in [-0.2, 0) is 6.42 Å². The molecule has 2 aliphatic rings. The minimum Gasteiger partial charge on any atom is -0.364 e. The van der Waals surface area contributed by atoms with Crippen molar-refractivity contribution in [2.45, 2.75) is 32.6 Å². The van der Waals surface area contributed by atoms with Gasteiger partial charge in [-0.15, -0.1) is 0 Å². The van der Waals surface area contributed by atoms with Gasteiger partial charge in [-0.05, 0) is 80.6 Å². The summed E-state index contributed by atoms with van der Waals surface area (Å²) < 4.78 is 1.78. The number of nitrogens with two attached hydrogens (primary N) is 1. The predicted molar refractivity (Wildman–Crippen MR) is 137 cm³/mol. The molecule has 5 heteroatoms. The Balaban J connectivity index is 1.37. The van der Waals surface area contributed by atoms with Crippen LogP contribution in [0.5, 0.6) is 0 Å². The van der Waals surface area contributed by atoms with Crippen molar-refractivity contribution in [3.8, 4) is 5.69 Å². The summed E-state index contributed by atoms with van der Waals surface area (Å²) >= 11 is 0. The van der Waals surface area contributed by atoms with Gasteiger partial charge in [0, 0.05) is 17.7 Å². The molecule has 2 N–H and O–H groups in total. The molecule has 0 bridgehead atoms. The summed E-state index contributed by atoms with van der Waals surface area (Å²) in [4.78, 5) is 14.1. The lowest BCUT2D eigenvalue weighted by Crippen LogP contribution is -2.37. The van der Waals surface area contributed by atoms with Crippen LogP contribution in [0, 0.1) is 12.3 Å². The topological polar surface area (TPSA) is 64.2 Å². The quantitative estimate of drug-likeness (QED) is 0.552. The number of aromatic nitrogens is 2. The van der Waals surface area contributed by atoms with Gasteiger partial charge in [0.15, 0.2) is 5.69 Å². The third-order valence-electron chi connectivity index (χ3n) is 7.07. The van der Waals surface area contributed by atoms with E-state index in [1.807, 2.05) is 6.92 Å². The number of carbonyl (C=O) groups is 1. The third-order valence-corrected chi connectivity index (χ3v) is 7.07. The third kappa shape index (κ3) is 4.75. The van der Waals surface area contributed by atoms with Crippen LogP contribution >= 0.6 is 0 Å². The summed E-state index contributed by atoms with van der Waals surface area (Å²) in [6.45, 7) is 5.42. The zero-order chi connectivity index (χ0) is 23.5. The van der Waals surface area contributed by atoms with Crippen LogP contribution in [0.4, 0.5) is 0 Å². The number of primary amides is 1. The molecule has 2 heterocycles. The smallest absolute Gasteiger partial charge is 0.269 e. The van der Waals surface area contributed by atoms with Crippen molar-refractivity contribution < 1.29 is 4.79 Å². The Kier molecular flexibility index (Phi) is 6.20. The van der Waals surface area contributed by atoms with Gasteiger partial charge < -0.3 is 10.6 Å². The lowest BCUT2D eigenvalue weighted by Gasteiger charge is -2.36. The number of aryl methyl sites for hydroxylation is 1. The summed E-state index contributed by atoms with van der Waals surface area (Å²) in [6.07, 6.45) is 11.8. The monoisotopic (exact) mass is 452 g/mol. The van der Waals surface area contributed by atoms with Gasteiger partial charge in [-0.3, -0.25) is 4.79 Å². The van der Waals surface area contributed by atoms with Crippen molar-refractivity contribution in [1.82, 2.24) is 14.7 Å². The summed E-state index contributed by atoms with van der Waals surface area (Å²) in [5, 5.41) is 4.36. The zero-order valence-electron chi connectivity index (χ0n) is 19.8. The average molecular weight is 453 g/mol. The van der Waals surface area contributed by atoms with Crippen LogP contribution in [0.2, 0.25) is 0 Å². The van der Waals surface area contributed by atoms with Crippen LogP contribution in [-0.4, -0.2) is 40.2 Å². The molecule has 1 aromatic heterocycles. The maximum Gasteiger partial charge on any atom is 0.269 e. The summed E-state index contributed by atoms with van der Waals surface area (Å²) in [7, 11) is 0. The fraction of sp³-hybridized carbons (Fsp3) is 0.310. The highest BCUT2D eigenvalue weighted by Crippen LogP contribution is 2.38. The van der Waals surface area contributed by atoms with E-state index in [9.17, 15) is 4.79 Å². The van der Waals surface area contributed by atoms with Crippen LogP contribution < -0.4 is 5.73 Å². The van der Waals surface area contributed by atoms with Crippen molar-refractivity contribution in [2.75, 3.05) is 19.6 Å². The molecular formula is C29H32N4O. The highest BCUT2D eigenvalue weighted by molar-refractivity contribution is 5.90. The van der Waals surface area contributed by atoms with Gasteiger partial charge in [-0.2, -0.15) is 5.10 Å². The van der Waals surface area contributed by atoms with Crippen LogP contribution in [0.25, 0.3) is 11.3 Å². The van der Waals surface area contributed by atoms with E-state index >= 15 is 0 Å². The predicted octanol–water partition coefficient (Wildman–Crippen LogP) is 4.95. The van der Waals surface area contributed by atoms with Gasteiger partial charge in [0.05, 0.1) is 5.69 Å². The van der Waals surface area contributed by atoms with E-state index in [4.69, 9.17) is 5.73 Å². The van der Waals surface area contributed by atoms with E-state index in [0.717, 1.165) is 30.8 Å². The first-order valence-electron chi connectivity index (χ1n) is 12.1. The molecule has 174 valence electrons. The number of benzene rings is 2. The van der Waals surface area contributed by atoms with E-state index in [1.165, 1.54) is 42.6 Å². The Bertz CT molecular complexity index is 1220. The first kappa shape index (κ1) is 22.4. The van der Waals surface area contributed by atoms with Crippen LogP contribution in [0.15, 0.2) is 78.9 Å². The molecule has 3 aromatic rings. The number of rotatable bonds is 7. The number of hydrogen-bond acceptors (Lipinski definition) is 3. The zero-order valence-corrected chi connectivity index (χ0v) is 19.8. The SMILES string of the molecule is Cc1cc(C(N)=O)nn1-c1ccc(CC2(CN3CCCC3)C=CC(c3ccccc3)=CC2)cc1. The maximum atomic E-state index is 11.5. The lowest BCUT2D eigenvalue weighted by atomic mass is 9.74. The molecule has 0 saturated carbocycles. The molecule has 1 unspecified atom stereocenters. The normalized spacial score (nSPS) is 20.4. The molecule has 0 spiro atoms. The number of amides is 1. The fourth-order valence-electron chi connectivity index (χ4n) is 5.27. The molecule has 1 saturated heterocycles. The molecule has 1 fully saturated rings. The van der Waals surface area contributed by atoms with Gasteiger partial charge >= 0.3 is 0 Å². The minimum absolute atomic E-state index is 0.0882. The first-order chi connectivity index (χ1) is 16.5. The molecule has 1 atom stereocenters. The molecule has 1 aliphatic heterocycles. The summed E-state index contributed by atoms with van der Waals surface area (Å²) in [5.41, 5.74) is 11.5. The van der Waals surface area contributed by atoms with E-state index in [1.54, 1.807) is 10.7 Å². The minimum atomic E-state index is -0.505. The highest BCUT2D eigenvalue weighted by atomic mass is 16.1. The molecule has 1 aliphatic carbocycles. The van der Waals surface area contributed by atoms with E-state index in [-0.39, 0.29) is 5.41 Å². The number of likely N-dealkylation sites (tertiary alicyclic amines) is 1. The van der Waals surface area contributed by atoms with Crippen molar-refractivity contribution in [2.24, 2.45) is 11.1 Å². The Morgan fingerprint density at radius 3 is 2.41 bits per heavy atom. The van der Waals surface area contributed by atoms with Gasteiger partial charge in [-0.25, -0.2) is 4.68 Å². The first-order valence-corrected chi connectivity index (χ1v) is 12.1. The molecule has 5 rings (SSSR count). The van der Waals surface area contributed by atoms with Crippen molar-refractivity contribution in [3.63, 3.8) is 0 Å². The highest BCUT2D eigenvalue weighted by Gasteiger charge is 2.32. The molecule has 1 amide bonds. The summed E-state index contributed by atoms with van der Waals surface area (Å²) in [5.74, 6) is -0.505. The second-order valence-corrected chi connectivity index (χ2v) is 9.70. The van der Waals surface area contributed by atoms with Gasteiger partial charge in [0.2, 0.25) is 0 Å². The number of nitrogens with zero attached hydrogens (tertiary/aromatic N) is 3. The van der Waals surface area contributed by atoms with Gasteiger partial charge in [0.25, 0.3) is 5.91 Å². The summed E-state index contributed by atoms with van der Waals surface area (Å²) in [6, 6.07) is 20.9. The lowest BCUT2D eigenvalue weighted by molar-refractivity contribution is 0.0995. The Morgan fingerprint density at radius 1 is 1.06 bits per heavy atom. The van der Waals surface area contributed by atoms with Crippen molar-refractivity contribution in [1.29, 1.82) is 0 Å². The van der Waals surface area contributed by atoms with E-state index in [2.05, 4.69) is 82.8 Å². The molecule has 34 heavy (non-hydrogen) atoms. The van der Waals surface area contributed by atoms with Gasteiger partial charge in [0.1, 0.15) is 0 Å². The van der Waals surface area contributed by atoms with Crippen LogP contribution in [0.3, 0.4) is 0 Å². The molecule has 2 aromatic carbocycles. The largest absolute Gasteiger partial charge is 0.364 e. The second kappa shape index (κ2) is 9.43. The average Bonchev–Trinajstić information content (AvgIpc) is 3.50. The van der Waals surface area contributed by atoms with Crippen LogP contribution in [0.1, 0.15) is 46.6 Å². The number of hydrogen-bond donors (Lipinski definition) is 1. The number of carbonyl (C=O) groups excluding carboxylic acids is 1. The molecule has 0 radical (unpaired) electrons. The standard InChI is InChI=1S/C29H32N4O/c1-22-19-27(28(30)34)31-33(22)26-11-9-23(10-12-26)20-29(21-32-17-5-6-18-32)15-13-25(14-16-29)24-7-3-2-4-8-24/h2-4,7-15,19H,5-6,16-18,20-21H2,1H3,(H2,30,34). The molecule has 5 nitrogen and oxygen atoms in total. The second-order valence-electron chi connectivity index (χ2n) is 9.70. The van der Waals surface area contributed by atoms with Crippen molar-refractivity contribution >= 4 is 11.5 Å². The molecular weight excluding hydrogens is 420 g/mol.